The molecule has 0 radical (unpaired) electrons. The Morgan fingerprint density at radius 1 is 0.875 bits per heavy atom. The number of halogens is 3. The topological polar surface area (TPSA) is 30.7 Å². The summed E-state index contributed by atoms with van der Waals surface area (Å²) in [5.41, 5.74) is 1.46. The summed E-state index contributed by atoms with van der Waals surface area (Å²) < 4.78 is 30.3. The van der Waals surface area contributed by atoms with Gasteiger partial charge in [0.2, 0.25) is 0 Å². The van der Waals surface area contributed by atoms with Gasteiger partial charge in [0, 0.05) is 17.4 Å². The number of benzene rings is 2. The number of fused-ring (bicyclic) bond motifs is 1. The van der Waals surface area contributed by atoms with Crippen molar-refractivity contribution >= 4 is 22.6 Å². The Kier molecular flexibility index (Phi) is 3.50. The molecule has 0 unspecified atom stereocenters. The van der Waals surface area contributed by atoms with E-state index in [1.165, 1.54) is 24.5 Å². The highest BCUT2D eigenvalue weighted by Gasteiger charge is 2.21. The van der Waals surface area contributed by atoms with Crippen molar-refractivity contribution in [2.24, 2.45) is 0 Å². The molecule has 0 aliphatic rings. The standard InChI is InChI=1S/C18H10ClF2N3/c19-17-16-12(15-13(20)7-4-8-14(15)21)9-24(18(16)23-10-22-17)11-5-2-1-3-6-11/h1-10H. The van der Waals surface area contributed by atoms with E-state index in [0.717, 1.165) is 5.69 Å². The van der Waals surface area contributed by atoms with E-state index in [0.29, 0.717) is 16.6 Å². The third-order valence-electron chi connectivity index (χ3n) is 3.80. The quantitative estimate of drug-likeness (QED) is 0.479. The van der Waals surface area contributed by atoms with Crippen LogP contribution in [0.15, 0.2) is 61.1 Å². The zero-order chi connectivity index (χ0) is 16.7. The maximum Gasteiger partial charge on any atom is 0.150 e. The molecular formula is C18H10ClF2N3. The molecule has 0 N–H and O–H groups in total. The minimum absolute atomic E-state index is 0.145. The number of rotatable bonds is 2. The number of hydrogen-bond donors (Lipinski definition) is 0. The fourth-order valence-corrected chi connectivity index (χ4v) is 2.98. The molecule has 118 valence electrons. The third kappa shape index (κ3) is 2.25. The molecule has 0 aliphatic carbocycles. The van der Waals surface area contributed by atoms with Gasteiger partial charge in [-0.3, -0.25) is 0 Å². The van der Waals surface area contributed by atoms with Gasteiger partial charge < -0.3 is 4.57 Å². The molecule has 0 bridgehead atoms. The van der Waals surface area contributed by atoms with Gasteiger partial charge in [-0.15, -0.1) is 0 Å². The first-order valence-corrected chi connectivity index (χ1v) is 7.56. The Hall–Kier alpha value is -2.79. The molecule has 0 fully saturated rings. The van der Waals surface area contributed by atoms with Crippen LogP contribution < -0.4 is 0 Å². The van der Waals surface area contributed by atoms with Crippen LogP contribution in [-0.2, 0) is 0 Å². The summed E-state index contributed by atoms with van der Waals surface area (Å²) in [7, 11) is 0. The van der Waals surface area contributed by atoms with Crippen LogP contribution in [0.3, 0.4) is 0 Å². The van der Waals surface area contributed by atoms with Gasteiger partial charge in [0.1, 0.15) is 28.8 Å². The van der Waals surface area contributed by atoms with Crippen molar-refractivity contribution in [2.75, 3.05) is 0 Å². The Labute approximate surface area is 141 Å². The fourth-order valence-electron chi connectivity index (χ4n) is 2.75. The lowest BCUT2D eigenvalue weighted by molar-refractivity contribution is 0.590. The summed E-state index contributed by atoms with van der Waals surface area (Å²) in [5.74, 6) is -1.33. The second kappa shape index (κ2) is 5.69. The molecule has 0 saturated heterocycles. The highest BCUT2D eigenvalue weighted by atomic mass is 35.5. The van der Waals surface area contributed by atoms with Gasteiger partial charge in [0.15, 0.2) is 0 Å². The Morgan fingerprint density at radius 3 is 2.29 bits per heavy atom. The van der Waals surface area contributed by atoms with Gasteiger partial charge in [-0.25, -0.2) is 18.7 Å². The normalized spacial score (nSPS) is 11.1. The van der Waals surface area contributed by atoms with Crippen LogP contribution in [0.2, 0.25) is 5.15 Å². The third-order valence-corrected chi connectivity index (χ3v) is 4.09. The largest absolute Gasteiger partial charge is 0.301 e. The van der Waals surface area contributed by atoms with Crippen molar-refractivity contribution in [1.82, 2.24) is 14.5 Å². The first-order chi connectivity index (χ1) is 11.7. The summed E-state index contributed by atoms with van der Waals surface area (Å²) in [6.07, 6.45) is 2.95. The molecule has 2 aromatic carbocycles. The monoisotopic (exact) mass is 341 g/mol. The van der Waals surface area contributed by atoms with Crippen LogP contribution in [0.5, 0.6) is 0 Å². The van der Waals surface area contributed by atoms with Crippen LogP contribution >= 0.6 is 11.6 Å². The molecule has 0 saturated carbocycles. The van der Waals surface area contributed by atoms with Crippen molar-refractivity contribution in [1.29, 1.82) is 0 Å². The summed E-state index contributed by atoms with van der Waals surface area (Å²) in [6, 6.07) is 13.1. The van der Waals surface area contributed by atoms with E-state index in [-0.39, 0.29) is 10.7 Å². The summed E-state index contributed by atoms with van der Waals surface area (Å²) in [4.78, 5) is 8.20. The van der Waals surface area contributed by atoms with E-state index < -0.39 is 11.6 Å². The van der Waals surface area contributed by atoms with Crippen molar-refractivity contribution in [3.63, 3.8) is 0 Å². The van der Waals surface area contributed by atoms with Crippen molar-refractivity contribution in [3.05, 3.63) is 77.8 Å². The van der Waals surface area contributed by atoms with Crippen molar-refractivity contribution in [3.8, 4) is 16.8 Å². The summed E-state index contributed by atoms with van der Waals surface area (Å²) in [6.45, 7) is 0. The number of aromatic nitrogens is 3. The van der Waals surface area contributed by atoms with E-state index in [9.17, 15) is 8.78 Å². The molecule has 24 heavy (non-hydrogen) atoms. The molecule has 2 heterocycles. The molecule has 0 spiro atoms. The first kappa shape index (κ1) is 14.8. The molecule has 4 rings (SSSR count). The fraction of sp³-hybridized carbons (Fsp3) is 0. The molecule has 4 aromatic rings. The second-order valence-electron chi connectivity index (χ2n) is 5.21. The van der Waals surface area contributed by atoms with Gasteiger partial charge in [0.25, 0.3) is 0 Å². The zero-order valence-electron chi connectivity index (χ0n) is 12.2. The van der Waals surface area contributed by atoms with Crippen molar-refractivity contribution in [2.45, 2.75) is 0 Å². The molecule has 0 atom stereocenters. The van der Waals surface area contributed by atoms with E-state index in [1.807, 2.05) is 30.3 Å². The van der Waals surface area contributed by atoms with E-state index in [1.54, 1.807) is 10.8 Å². The minimum Gasteiger partial charge on any atom is -0.301 e. The maximum atomic E-state index is 14.3. The average molecular weight is 342 g/mol. The predicted octanol–water partition coefficient (Wildman–Crippen LogP) is 5.02. The van der Waals surface area contributed by atoms with Crippen LogP contribution in [-0.4, -0.2) is 14.5 Å². The molecule has 0 amide bonds. The summed E-state index contributed by atoms with van der Waals surface area (Å²) in [5, 5.41) is 0.555. The van der Waals surface area contributed by atoms with Gasteiger partial charge in [-0.05, 0) is 24.3 Å². The molecule has 0 aliphatic heterocycles. The molecule has 3 nitrogen and oxygen atoms in total. The lowest BCUT2D eigenvalue weighted by Crippen LogP contribution is -1.93. The first-order valence-electron chi connectivity index (χ1n) is 7.18. The average Bonchev–Trinajstić information content (AvgIpc) is 2.96. The van der Waals surface area contributed by atoms with E-state index in [2.05, 4.69) is 9.97 Å². The van der Waals surface area contributed by atoms with Gasteiger partial charge in [-0.2, -0.15) is 0 Å². The molecular weight excluding hydrogens is 332 g/mol. The van der Waals surface area contributed by atoms with Crippen molar-refractivity contribution < 1.29 is 8.78 Å². The van der Waals surface area contributed by atoms with E-state index >= 15 is 0 Å². The SMILES string of the molecule is Fc1cccc(F)c1-c1cn(-c2ccccc2)c2ncnc(Cl)c12. The summed E-state index contributed by atoms with van der Waals surface area (Å²) >= 11 is 6.21. The molecule has 2 aromatic heterocycles. The van der Waals surface area contributed by atoms with Crippen LogP contribution in [0.25, 0.3) is 27.8 Å². The highest BCUT2D eigenvalue weighted by Crippen LogP contribution is 2.37. The maximum absolute atomic E-state index is 14.3. The van der Waals surface area contributed by atoms with Gasteiger partial charge in [0.05, 0.1) is 10.9 Å². The highest BCUT2D eigenvalue weighted by molar-refractivity contribution is 6.35. The Balaban J connectivity index is 2.11. The van der Waals surface area contributed by atoms with Gasteiger partial charge in [-0.1, -0.05) is 35.9 Å². The van der Waals surface area contributed by atoms with Crippen LogP contribution in [0, 0.1) is 11.6 Å². The zero-order valence-corrected chi connectivity index (χ0v) is 13.0. The predicted molar refractivity (Wildman–Crippen MR) is 89.2 cm³/mol. The number of nitrogens with zero attached hydrogens (tertiary/aromatic N) is 3. The number of para-hydroxylation sites is 1. The smallest absolute Gasteiger partial charge is 0.150 e. The lowest BCUT2D eigenvalue weighted by Gasteiger charge is -2.03. The van der Waals surface area contributed by atoms with Crippen LogP contribution in [0.1, 0.15) is 0 Å². The minimum atomic E-state index is -0.665. The number of hydrogen-bond acceptors (Lipinski definition) is 2. The Morgan fingerprint density at radius 2 is 1.58 bits per heavy atom. The molecule has 6 heteroatoms. The lowest BCUT2D eigenvalue weighted by atomic mass is 10.1. The second-order valence-corrected chi connectivity index (χ2v) is 5.57. The Bertz CT molecular complexity index is 1020. The van der Waals surface area contributed by atoms with E-state index in [4.69, 9.17) is 11.6 Å². The van der Waals surface area contributed by atoms with Gasteiger partial charge >= 0.3 is 0 Å². The van der Waals surface area contributed by atoms with Crippen LogP contribution in [0.4, 0.5) is 8.78 Å².